The summed E-state index contributed by atoms with van der Waals surface area (Å²) in [5.41, 5.74) is -0.232. The fourth-order valence-electron chi connectivity index (χ4n) is 3.55. The Hall–Kier alpha value is -2.77. The van der Waals surface area contributed by atoms with E-state index < -0.39 is 11.6 Å². The van der Waals surface area contributed by atoms with Crippen molar-refractivity contribution in [2.75, 3.05) is 21.3 Å². The lowest BCUT2D eigenvalue weighted by atomic mass is 9.82. The zero-order valence-corrected chi connectivity index (χ0v) is 15.2. The number of nitrogens with one attached hydrogen (secondary N) is 1. The van der Waals surface area contributed by atoms with E-state index in [1.54, 1.807) is 12.1 Å². The molecule has 1 aliphatic heterocycles. The second-order valence-corrected chi connectivity index (χ2v) is 6.36. The summed E-state index contributed by atoms with van der Waals surface area (Å²) < 4.78 is 16.0. The van der Waals surface area contributed by atoms with Gasteiger partial charge in [-0.2, -0.15) is 5.10 Å². The van der Waals surface area contributed by atoms with E-state index in [0.29, 0.717) is 35.7 Å². The lowest BCUT2D eigenvalue weighted by Crippen LogP contribution is -2.48. The topological polar surface area (TPSA) is 89.5 Å². The van der Waals surface area contributed by atoms with E-state index in [-0.39, 0.29) is 5.91 Å². The number of nitrogens with zero attached hydrogens (tertiary/aromatic N) is 2. The van der Waals surface area contributed by atoms with Crippen LogP contribution < -0.4 is 19.5 Å². The molecule has 3 rings (SSSR count). The molecule has 2 fully saturated rings. The zero-order chi connectivity index (χ0) is 18.7. The van der Waals surface area contributed by atoms with Crippen molar-refractivity contribution in [2.45, 2.75) is 37.6 Å². The molecule has 1 spiro atoms. The Morgan fingerprint density at radius 2 is 1.73 bits per heavy atom. The maximum Gasteiger partial charge on any atom is 0.346 e. The number of hydrogen-bond donors (Lipinski definition) is 1. The molecule has 1 N–H and O–H groups in total. The van der Waals surface area contributed by atoms with Crippen LogP contribution in [0.4, 0.5) is 4.79 Å². The van der Waals surface area contributed by atoms with E-state index in [2.05, 4.69) is 10.4 Å². The van der Waals surface area contributed by atoms with Gasteiger partial charge in [0.1, 0.15) is 5.54 Å². The molecule has 2 aliphatic rings. The van der Waals surface area contributed by atoms with E-state index in [1.807, 2.05) is 0 Å². The number of hydrazone groups is 1. The Labute approximate surface area is 152 Å². The van der Waals surface area contributed by atoms with Crippen LogP contribution in [-0.2, 0) is 4.79 Å². The smallest absolute Gasteiger partial charge is 0.346 e. The Bertz CT molecular complexity index is 741. The van der Waals surface area contributed by atoms with Gasteiger partial charge in [-0.25, -0.2) is 4.79 Å². The number of urea groups is 1. The Kier molecular flexibility index (Phi) is 5.01. The van der Waals surface area contributed by atoms with Crippen molar-refractivity contribution in [3.05, 3.63) is 17.7 Å². The fraction of sp³-hybridized carbons (Fsp3) is 0.500. The van der Waals surface area contributed by atoms with Crippen molar-refractivity contribution in [3.8, 4) is 17.2 Å². The van der Waals surface area contributed by atoms with E-state index in [9.17, 15) is 9.59 Å². The first-order chi connectivity index (χ1) is 12.6. The minimum absolute atomic E-state index is 0.294. The Balaban J connectivity index is 1.88. The summed E-state index contributed by atoms with van der Waals surface area (Å²) in [6.07, 6.45) is 5.66. The van der Waals surface area contributed by atoms with Gasteiger partial charge in [0.15, 0.2) is 11.5 Å². The third-order valence-corrected chi connectivity index (χ3v) is 4.89. The Morgan fingerprint density at radius 3 is 2.35 bits per heavy atom. The molecule has 1 aliphatic carbocycles. The lowest BCUT2D eigenvalue weighted by molar-refractivity contribution is -0.132. The third-order valence-electron chi connectivity index (χ3n) is 4.89. The molecule has 0 atom stereocenters. The monoisotopic (exact) mass is 361 g/mol. The summed E-state index contributed by atoms with van der Waals surface area (Å²) in [6.45, 7) is 0. The molecule has 140 valence electrons. The number of imide groups is 1. The van der Waals surface area contributed by atoms with Crippen LogP contribution in [0.2, 0.25) is 0 Å². The molecule has 1 heterocycles. The summed E-state index contributed by atoms with van der Waals surface area (Å²) in [6, 6.07) is 2.93. The summed E-state index contributed by atoms with van der Waals surface area (Å²) in [4.78, 5) is 25.0. The highest BCUT2D eigenvalue weighted by molar-refractivity contribution is 6.07. The van der Waals surface area contributed by atoms with Crippen LogP contribution in [0.15, 0.2) is 17.2 Å². The first-order valence-electron chi connectivity index (χ1n) is 8.56. The van der Waals surface area contributed by atoms with Crippen molar-refractivity contribution in [2.24, 2.45) is 5.10 Å². The third kappa shape index (κ3) is 2.95. The van der Waals surface area contributed by atoms with Gasteiger partial charge in [0, 0.05) is 5.56 Å². The van der Waals surface area contributed by atoms with Crippen LogP contribution in [0.1, 0.15) is 37.7 Å². The number of rotatable bonds is 5. The van der Waals surface area contributed by atoms with Gasteiger partial charge >= 0.3 is 6.03 Å². The van der Waals surface area contributed by atoms with Gasteiger partial charge < -0.3 is 19.5 Å². The first-order valence-corrected chi connectivity index (χ1v) is 8.56. The molecule has 3 amide bonds. The average molecular weight is 361 g/mol. The van der Waals surface area contributed by atoms with Crippen LogP contribution in [0.5, 0.6) is 17.2 Å². The fourth-order valence-corrected chi connectivity index (χ4v) is 3.55. The normalized spacial score (nSPS) is 19.1. The number of benzene rings is 1. The second-order valence-electron chi connectivity index (χ2n) is 6.36. The molecule has 1 aromatic carbocycles. The number of carbonyl (C=O) groups is 2. The molecule has 0 bridgehead atoms. The molecule has 1 saturated carbocycles. The van der Waals surface area contributed by atoms with Gasteiger partial charge in [0.2, 0.25) is 5.75 Å². The number of ether oxygens (including phenoxy) is 3. The summed E-state index contributed by atoms with van der Waals surface area (Å²) in [7, 11) is 4.53. The van der Waals surface area contributed by atoms with Gasteiger partial charge in [-0.15, -0.1) is 5.01 Å². The molecule has 26 heavy (non-hydrogen) atoms. The van der Waals surface area contributed by atoms with Gasteiger partial charge in [-0.3, -0.25) is 4.79 Å². The quantitative estimate of drug-likeness (QED) is 0.642. The molecule has 0 aromatic heterocycles. The molecular weight excluding hydrogens is 338 g/mol. The van der Waals surface area contributed by atoms with Crippen molar-refractivity contribution >= 4 is 18.2 Å². The number of amides is 3. The van der Waals surface area contributed by atoms with Gasteiger partial charge in [0.25, 0.3) is 5.91 Å². The largest absolute Gasteiger partial charge is 0.493 e. The second kappa shape index (κ2) is 7.23. The van der Waals surface area contributed by atoms with Crippen molar-refractivity contribution in [3.63, 3.8) is 0 Å². The highest BCUT2D eigenvalue weighted by Crippen LogP contribution is 2.39. The van der Waals surface area contributed by atoms with E-state index in [4.69, 9.17) is 14.2 Å². The summed E-state index contributed by atoms with van der Waals surface area (Å²) in [5, 5.41) is 7.84. The molecule has 8 heteroatoms. The molecule has 0 radical (unpaired) electrons. The highest BCUT2D eigenvalue weighted by atomic mass is 16.5. The van der Waals surface area contributed by atoms with E-state index in [1.165, 1.54) is 27.5 Å². The number of hydrogen-bond acceptors (Lipinski definition) is 6. The van der Waals surface area contributed by atoms with Crippen molar-refractivity contribution in [1.82, 2.24) is 10.3 Å². The lowest BCUT2D eigenvalue weighted by Gasteiger charge is -2.29. The Morgan fingerprint density at radius 1 is 1.04 bits per heavy atom. The zero-order valence-electron chi connectivity index (χ0n) is 15.2. The van der Waals surface area contributed by atoms with Crippen LogP contribution >= 0.6 is 0 Å². The maximum atomic E-state index is 12.7. The minimum atomic E-state index is -0.797. The summed E-state index contributed by atoms with van der Waals surface area (Å²) >= 11 is 0. The summed E-state index contributed by atoms with van der Waals surface area (Å²) in [5.74, 6) is 1.05. The van der Waals surface area contributed by atoms with Gasteiger partial charge in [-0.05, 0) is 25.0 Å². The maximum absolute atomic E-state index is 12.7. The van der Waals surface area contributed by atoms with Gasteiger partial charge in [0.05, 0.1) is 27.5 Å². The minimum Gasteiger partial charge on any atom is -0.493 e. The van der Waals surface area contributed by atoms with Crippen LogP contribution in [0.25, 0.3) is 0 Å². The predicted octanol–water partition coefficient (Wildman–Crippen LogP) is 2.30. The van der Waals surface area contributed by atoms with Crippen LogP contribution in [-0.4, -0.2) is 50.0 Å². The van der Waals surface area contributed by atoms with Crippen molar-refractivity contribution in [1.29, 1.82) is 0 Å². The molecular formula is C18H23N3O5. The number of carbonyl (C=O) groups excluding carboxylic acids is 2. The molecule has 8 nitrogen and oxygen atoms in total. The van der Waals surface area contributed by atoms with Crippen molar-refractivity contribution < 1.29 is 23.8 Å². The van der Waals surface area contributed by atoms with Crippen LogP contribution in [0.3, 0.4) is 0 Å². The first kappa shape index (κ1) is 18.0. The SMILES string of the molecule is COc1ccc(C=NN2C(=O)NC3(CCCCC3)C2=O)c(OC)c1OC. The standard InChI is InChI=1S/C18H23N3O5/c1-24-13-8-7-12(14(25-2)15(13)26-3)11-19-21-16(22)18(20-17(21)23)9-5-4-6-10-18/h7-8,11H,4-6,9-10H2,1-3H3,(H,20,23). The predicted molar refractivity (Wildman–Crippen MR) is 94.9 cm³/mol. The van der Waals surface area contributed by atoms with E-state index >= 15 is 0 Å². The number of methoxy groups -OCH3 is 3. The molecule has 1 aromatic rings. The molecule has 0 unspecified atom stereocenters. The average Bonchev–Trinajstić information content (AvgIpc) is 2.89. The molecule has 1 saturated heterocycles. The van der Waals surface area contributed by atoms with E-state index in [0.717, 1.165) is 24.3 Å². The highest BCUT2D eigenvalue weighted by Gasteiger charge is 2.51. The van der Waals surface area contributed by atoms with Crippen LogP contribution in [0, 0.1) is 0 Å². The van der Waals surface area contributed by atoms with Gasteiger partial charge in [-0.1, -0.05) is 19.3 Å².